The number of carbonyl (C=O) groups is 1. The number of aliphatic hydroxyl groups is 1. The molecule has 0 aliphatic rings. The fourth-order valence-electron chi connectivity index (χ4n) is 4.35. The second kappa shape index (κ2) is 11.4. The number of benzene rings is 3. The lowest BCUT2D eigenvalue weighted by molar-refractivity contribution is -0.137. The molecule has 0 saturated heterocycles. The maximum Gasteiger partial charge on any atom is 0.422 e. The number of para-hydroxylation sites is 1. The molecule has 0 aliphatic carbocycles. The number of aliphatic hydroxyl groups excluding tert-OH is 1. The third-order valence-corrected chi connectivity index (χ3v) is 6.50. The summed E-state index contributed by atoms with van der Waals surface area (Å²) in [5, 5.41) is 24.9. The lowest BCUT2D eigenvalue weighted by Gasteiger charge is -2.11. The van der Waals surface area contributed by atoms with E-state index in [0.717, 1.165) is 11.3 Å². The third kappa shape index (κ3) is 5.78. The van der Waals surface area contributed by atoms with Gasteiger partial charge in [-0.25, -0.2) is 4.68 Å². The monoisotopic (exact) mass is 586 g/mol. The highest BCUT2D eigenvalue weighted by Crippen LogP contribution is 2.43. The van der Waals surface area contributed by atoms with Gasteiger partial charge >= 0.3 is 6.18 Å². The maximum atomic E-state index is 14.0. The Bertz CT molecular complexity index is 1850. The Morgan fingerprint density at radius 1 is 0.907 bits per heavy atom. The molecule has 216 valence electrons. The molecule has 0 fully saturated rings. The number of halogens is 3. The highest BCUT2D eigenvalue weighted by atomic mass is 19.4. The minimum Gasteiger partial charge on any atom is -0.378 e. The molecule has 6 rings (SSSR count). The Hall–Kier alpha value is -5.56. The Labute approximate surface area is 241 Å². The van der Waals surface area contributed by atoms with Gasteiger partial charge in [0.15, 0.2) is 6.10 Å². The predicted octanol–water partition coefficient (Wildman–Crippen LogP) is 5.61. The van der Waals surface area contributed by atoms with Crippen molar-refractivity contribution >= 4 is 5.91 Å². The summed E-state index contributed by atoms with van der Waals surface area (Å²) >= 11 is 0. The van der Waals surface area contributed by atoms with Crippen molar-refractivity contribution in [3.63, 3.8) is 0 Å². The van der Waals surface area contributed by atoms with Crippen LogP contribution in [0.1, 0.15) is 22.8 Å². The van der Waals surface area contributed by atoms with Gasteiger partial charge in [0.1, 0.15) is 11.3 Å². The number of nitrogens with zero attached hydrogens (tertiary/aromatic N) is 5. The molecule has 10 nitrogen and oxygen atoms in total. The molecule has 6 aromatic rings. The molecule has 0 spiro atoms. The Morgan fingerprint density at radius 3 is 2.30 bits per heavy atom. The highest BCUT2D eigenvalue weighted by molar-refractivity contribution is 5.82. The molecular weight excluding hydrogens is 565 g/mol. The van der Waals surface area contributed by atoms with Crippen LogP contribution in [0.25, 0.3) is 40.0 Å². The molecular formula is C30H21F3N6O4. The number of carbonyl (C=O) groups excluding carboxylic acids is 1. The Morgan fingerprint density at radius 2 is 1.60 bits per heavy atom. The van der Waals surface area contributed by atoms with Gasteiger partial charge in [-0.3, -0.25) is 4.79 Å². The molecule has 0 radical (unpaired) electrons. The van der Waals surface area contributed by atoms with Crippen molar-refractivity contribution < 1.29 is 32.1 Å². The number of hydrogen-bond donors (Lipinski definition) is 2. The average molecular weight is 587 g/mol. The third-order valence-electron chi connectivity index (χ3n) is 6.50. The van der Waals surface area contributed by atoms with Crippen LogP contribution in [0.4, 0.5) is 13.2 Å². The number of aromatic nitrogens is 5. The summed E-state index contributed by atoms with van der Waals surface area (Å²) in [4.78, 5) is 16.7. The van der Waals surface area contributed by atoms with Crippen LogP contribution in [-0.4, -0.2) is 36.1 Å². The van der Waals surface area contributed by atoms with E-state index in [1.54, 1.807) is 35.3 Å². The van der Waals surface area contributed by atoms with Gasteiger partial charge in [0.2, 0.25) is 11.6 Å². The molecule has 0 bridgehead atoms. The number of alkyl halides is 3. The predicted molar refractivity (Wildman–Crippen MR) is 146 cm³/mol. The molecule has 3 heterocycles. The minimum absolute atomic E-state index is 0.0262. The van der Waals surface area contributed by atoms with E-state index in [0.29, 0.717) is 5.56 Å². The standard InChI is InChI=1S/C30H21F3N6O4/c31-30(32,33)23-24(19-7-3-1-4-8-19)37-42-26(23)29-36-27(38-43-29)21-13-11-20(12-14-21)25(40)28(41)34-15-18-16-35-39(17-18)22-9-5-2-6-10-22/h1-14,16-17,25,40H,15H2,(H,34,41)/t25-/m0/s1. The minimum atomic E-state index is -4.81. The van der Waals surface area contributed by atoms with Gasteiger partial charge in [0, 0.05) is 29.4 Å². The van der Waals surface area contributed by atoms with Crippen LogP contribution in [-0.2, 0) is 17.5 Å². The zero-order valence-electron chi connectivity index (χ0n) is 22.1. The Balaban J connectivity index is 1.14. The van der Waals surface area contributed by atoms with Gasteiger partial charge in [-0.2, -0.15) is 23.3 Å². The highest BCUT2D eigenvalue weighted by Gasteiger charge is 2.43. The summed E-state index contributed by atoms with van der Waals surface area (Å²) in [7, 11) is 0. The first kappa shape index (κ1) is 27.6. The Kier molecular flexibility index (Phi) is 7.30. The number of hydrogen-bond acceptors (Lipinski definition) is 8. The first-order valence-corrected chi connectivity index (χ1v) is 12.9. The molecule has 3 aromatic carbocycles. The average Bonchev–Trinajstić information content (AvgIpc) is 3.80. The normalized spacial score (nSPS) is 12.3. The van der Waals surface area contributed by atoms with Crippen molar-refractivity contribution in [1.29, 1.82) is 0 Å². The van der Waals surface area contributed by atoms with Crippen LogP contribution in [0.3, 0.4) is 0 Å². The van der Waals surface area contributed by atoms with Crippen LogP contribution in [0.5, 0.6) is 0 Å². The van der Waals surface area contributed by atoms with Gasteiger partial charge < -0.3 is 19.5 Å². The lowest BCUT2D eigenvalue weighted by atomic mass is 10.1. The molecule has 0 aliphatic heterocycles. The van der Waals surface area contributed by atoms with Gasteiger partial charge in [-0.1, -0.05) is 83.1 Å². The molecule has 13 heteroatoms. The van der Waals surface area contributed by atoms with E-state index in [1.807, 2.05) is 30.3 Å². The van der Waals surface area contributed by atoms with Crippen molar-refractivity contribution in [3.8, 4) is 40.0 Å². The van der Waals surface area contributed by atoms with Gasteiger partial charge in [-0.05, 0) is 17.7 Å². The topological polar surface area (TPSA) is 132 Å². The van der Waals surface area contributed by atoms with Crippen molar-refractivity contribution in [2.45, 2.75) is 18.8 Å². The van der Waals surface area contributed by atoms with E-state index in [9.17, 15) is 23.1 Å². The van der Waals surface area contributed by atoms with E-state index < -0.39 is 41.1 Å². The van der Waals surface area contributed by atoms with Gasteiger partial charge in [0.25, 0.3) is 11.8 Å². The van der Waals surface area contributed by atoms with Gasteiger partial charge in [-0.15, -0.1) is 0 Å². The van der Waals surface area contributed by atoms with Crippen molar-refractivity contribution in [3.05, 3.63) is 114 Å². The van der Waals surface area contributed by atoms with Gasteiger partial charge in [0.05, 0.1) is 11.9 Å². The van der Waals surface area contributed by atoms with E-state index in [4.69, 9.17) is 9.05 Å². The van der Waals surface area contributed by atoms with Crippen molar-refractivity contribution in [1.82, 2.24) is 30.4 Å². The summed E-state index contributed by atoms with van der Waals surface area (Å²) < 4.78 is 53.8. The number of amides is 1. The summed E-state index contributed by atoms with van der Waals surface area (Å²) in [6.45, 7) is 0.153. The second-order valence-corrected chi connectivity index (χ2v) is 9.39. The smallest absolute Gasteiger partial charge is 0.378 e. The second-order valence-electron chi connectivity index (χ2n) is 9.39. The summed E-state index contributed by atoms with van der Waals surface area (Å²) in [6, 6.07) is 23.2. The van der Waals surface area contributed by atoms with E-state index in [1.165, 1.54) is 36.4 Å². The summed E-state index contributed by atoms with van der Waals surface area (Å²) in [6.07, 6.45) is -2.89. The fraction of sp³-hybridized carbons (Fsp3) is 0.100. The zero-order chi connectivity index (χ0) is 30.0. The van der Waals surface area contributed by atoms with Crippen molar-refractivity contribution in [2.75, 3.05) is 0 Å². The molecule has 3 aromatic heterocycles. The molecule has 43 heavy (non-hydrogen) atoms. The van der Waals surface area contributed by atoms with Crippen LogP contribution < -0.4 is 5.32 Å². The van der Waals surface area contributed by atoms with Crippen LogP contribution >= 0.6 is 0 Å². The maximum absolute atomic E-state index is 14.0. The van der Waals surface area contributed by atoms with E-state index >= 15 is 0 Å². The van der Waals surface area contributed by atoms with E-state index in [2.05, 4.69) is 25.7 Å². The van der Waals surface area contributed by atoms with Crippen molar-refractivity contribution in [2.24, 2.45) is 0 Å². The lowest BCUT2D eigenvalue weighted by Crippen LogP contribution is -2.28. The molecule has 1 amide bonds. The van der Waals surface area contributed by atoms with E-state index in [-0.39, 0.29) is 23.5 Å². The van der Waals surface area contributed by atoms with Crippen LogP contribution in [0.2, 0.25) is 0 Å². The number of nitrogens with one attached hydrogen (secondary N) is 1. The quantitative estimate of drug-likeness (QED) is 0.235. The van der Waals surface area contributed by atoms with Crippen LogP contribution in [0, 0.1) is 0 Å². The summed E-state index contributed by atoms with van der Waals surface area (Å²) in [5.41, 5.74) is 0.944. The molecule has 2 N–H and O–H groups in total. The first-order chi connectivity index (χ1) is 20.8. The molecule has 0 saturated carbocycles. The fourth-order valence-corrected chi connectivity index (χ4v) is 4.35. The molecule has 1 atom stereocenters. The van der Waals surface area contributed by atoms with Crippen LogP contribution in [0.15, 0.2) is 106 Å². The largest absolute Gasteiger partial charge is 0.422 e. The first-order valence-electron chi connectivity index (χ1n) is 12.9. The number of rotatable bonds is 8. The molecule has 0 unspecified atom stereocenters. The SMILES string of the molecule is O=C(NCc1cnn(-c2ccccc2)c1)[C@@H](O)c1ccc(-c2noc(-c3onc(-c4ccccc4)c3C(F)(F)F)n2)cc1. The zero-order valence-corrected chi connectivity index (χ0v) is 22.1. The summed E-state index contributed by atoms with van der Waals surface area (Å²) in [5.74, 6) is -1.86.